The molecule has 0 radical (unpaired) electrons. The summed E-state index contributed by atoms with van der Waals surface area (Å²) in [5, 5.41) is 5.16. The fourth-order valence-electron chi connectivity index (χ4n) is 5.05. The number of Topliss-reactive ketones (excluding diaryl/α,β-unsaturated/α-hetero) is 1. The van der Waals surface area contributed by atoms with Crippen LogP contribution in [0.4, 0.5) is 0 Å². The van der Waals surface area contributed by atoms with E-state index in [0.29, 0.717) is 6.42 Å². The molecule has 35 heavy (non-hydrogen) atoms. The quantitative estimate of drug-likeness (QED) is 0.326. The van der Waals surface area contributed by atoms with Gasteiger partial charge in [0.25, 0.3) is 5.91 Å². The first kappa shape index (κ1) is 28.7. The molecule has 1 aliphatic heterocycles. The number of sulfone groups is 1. The number of rotatable bonds is 10. The number of hydrogen-bond donors (Lipinski definition) is 3. The van der Waals surface area contributed by atoms with Crippen molar-refractivity contribution in [3.8, 4) is 0 Å². The third-order valence-corrected chi connectivity index (χ3v) is 7.81. The van der Waals surface area contributed by atoms with E-state index in [1.54, 1.807) is 27.7 Å². The van der Waals surface area contributed by atoms with Crippen LogP contribution in [0.3, 0.4) is 0 Å². The van der Waals surface area contributed by atoms with Crippen molar-refractivity contribution in [2.75, 3.05) is 18.6 Å². The van der Waals surface area contributed by atoms with Crippen molar-refractivity contribution in [2.45, 2.75) is 72.5 Å². The minimum atomic E-state index is -3.61. The number of primary amides is 1. The molecule has 4 amide bonds. The Morgan fingerprint density at radius 3 is 2.14 bits per heavy atom. The minimum Gasteiger partial charge on any atom is -0.363 e. The summed E-state index contributed by atoms with van der Waals surface area (Å²) in [6.07, 6.45) is 1.67. The molecule has 1 heterocycles. The fraction of sp³-hybridized carbons (Fsp3) is 0.783. The first-order valence-electron chi connectivity index (χ1n) is 11.7. The van der Waals surface area contributed by atoms with Gasteiger partial charge in [-0.25, -0.2) is 8.42 Å². The van der Waals surface area contributed by atoms with Gasteiger partial charge in [-0.15, -0.1) is 0 Å². The summed E-state index contributed by atoms with van der Waals surface area (Å²) in [5.41, 5.74) is 4.16. The number of fused-ring (bicyclic) bond motifs is 1. The van der Waals surface area contributed by atoms with E-state index in [-0.39, 0.29) is 30.2 Å². The maximum absolute atomic E-state index is 13.7. The van der Waals surface area contributed by atoms with Crippen molar-refractivity contribution in [2.24, 2.45) is 28.4 Å². The highest BCUT2D eigenvalue weighted by Crippen LogP contribution is 2.65. The molecule has 2 aliphatic rings. The zero-order valence-electron chi connectivity index (χ0n) is 21.5. The molecular formula is C23H38N4O7S. The lowest BCUT2D eigenvalue weighted by molar-refractivity contribution is -0.146. The van der Waals surface area contributed by atoms with E-state index >= 15 is 0 Å². The maximum atomic E-state index is 13.7. The van der Waals surface area contributed by atoms with Crippen LogP contribution in [0.5, 0.6) is 0 Å². The molecule has 11 nitrogen and oxygen atoms in total. The second-order valence-electron chi connectivity index (χ2n) is 11.4. The molecule has 0 aromatic carbocycles. The number of likely N-dealkylation sites (tertiary alicyclic amines) is 1. The van der Waals surface area contributed by atoms with Gasteiger partial charge in [0.05, 0.1) is 6.04 Å². The van der Waals surface area contributed by atoms with Gasteiger partial charge in [-0.2, -0.15) is 0 Å². The Morgan fingerprint density at radius 1 is 1.11 bits per heavy atom. The molecule has 12 heteroatoms. The van der Waals surface area contributed by atoms with E-state index in [4.69, 9.17) is 5.73 Å². The lowest BCUT2D eigenvalue weighted by Crippen LogP contribution is -2.60. The van der Waals surface area contributed by atoms with Crippen molar-refractivity contribution >= 4 is 39.2 Å². The Kier molecular flexibility index (Phi) is 8.10. The lowest BCUT2D eigenvalue weighted by Gasteiger charge is -2.38. The largest absolute Gasteiger partial charge is 0.363 e. The molecule has 2 fully saturated rings. The van der Waals surface area contributed by atoms with Crippen LogP contribution in [0.15, 0.2) is 0 Å². The predicted octanol–water partition coefficient (Wildman–Crippen LogP) is -0.616. The van der Waals surface area contributed by atoms with Crippen LogP contribution in [-0.2, 0) is 33.8 Å². The Bertz CT molecular complexity index is 1020. The first-order chi connectivity index (χ1) is 15.8. The number of nitrogens with zero attached hydrogens (tertiary/aromatic N) is 1. The molecule has 0 bridgehead atoms. The van der Waals surface area contributed by atoms with Crippen molar-refractivity contribution in [3.63, 3.8) is 0 Å². The standard InChI is InChI=1S/C23H38N4O7S/c1-8-9-13(17(29)19(24)30)25-20(31)16-15-12(23(15,5)6)10-27(16)21(32)18(22(2,3)4)26-14(28)11-35(7,33)34/h12-13,15-16,18H,8-11H2,1-7H3,(H2,24,30)(H,25,31)(H,26,28)/t12-,13?,15-,16-,18+/m0/s1. The molecule has 0 spiro atoms. The zero-order valence-corrected chi connectivity index (χ0v) is 22.3. The van der Waals surface area contributed by atoms with Crippen molar-refractivity contribution in [1.29, 1.82) is 0 Å². The van der Waals surface area contributed by atoms with Gasteiger partial charge >= 0.3 is 0 Å². The normalized spacial score (nSPS) is 24.7. The number of ketones is 1. The SMILES string of the molecule is CCCC(NC(=O)[C@@H]1[C@@H]2[C@H](CN1C(=O)[C@@H](NC(=O)CS(C)(=O)=O)C(C)(C)C)C2(C)C)C(=O)C(N)=O. The van der Waals surface area contributed by atoms with E-state index in [1.165, 1.54) is 4.90 Å². The number of carbonyl (C=O) groups excluding carboxylic acids is 5. The maximum Gasteiger partial charge on any atom is 0.287 e. The fourth-order valence-corrected chi connectivity index (χ4v) is 5.61. The molecule has 1 aliphatic carbocycles. The Morgan fingerprint density at radius 2 is 1.69 bits per heavy atom. The number of piperidine rings is 1. The minimum absolute atomic E-state index is 0.0472. The zero-order chi connectivity index (χ0) is 27.1. The van der Waals surface area contributed by atoms with Gasteiger partial charge in [-0.1, -0.05) is 48.0 Å². The molecule has 5 atom stereocenters. The van der Waals surface area contributed by atoms with Crippen LogP contribution in [0.1, 0.15) is 54.4 Å². The molecular weight excluding hydrogens is 476 g/mol. The summed E-state index contributed by atoms with van der Waals surface area (Å²) in [6.45, 7) is 11.3. The molecule has 2 rings (SSSR count). The van der Waals surface area contributed by atoms with Crippen LogP contribution >= 0.6 is 0 Å². The van der Waals surface area contributed by atoms with Crippen molar-refractivity contribution in [1.82, 2.24) is 15.5 Å². The summed E-state index contributed by atoms with van der Waals surface area (Å²) in [4.78, 5) is 64.5. The third-order valence-electron chi connectivity index (χ3n) is 7.02. The van der Waals surface area contributed by atoms with E-state index in [0.717, 1.165) is 6.26 Å². The van der Waals surface area contributed by atoms with Crippen LogP contribution in [0, 0.1) is 22.7 Å². The summed E-state index contributed by atoms with van der Waals surface area (Å²) < 4.78 is 23.1. The number of nitrogens with one attached hydrogen (secondary N) is 2. The van der Waals surface area contributed by atoms with Crippen molar-refractivity contribution < 1.29 is 32.4 Å². The molecule has 4 N–H and O–H groups in total. The number of nitrogens with two attached hydrogens (primary N) is 1. The van der Waals surface area contributed by atoms with Crippen LogP contribution in [-0.4, -0.2) is 79.4 Å². The average Bonchev–Trinajstić information content (AvgIpc) is 3.03. The topological polar surface area (TPSA) is 173 Å². The number of carbonyl (C=O) groups is 5. The summed E-state index contributed by atoms with van der Waals surface area (Å²) in [5.74, 6) is -4.78. The highest BCUT2D eigenvalue weighted by Gasteiger charge is 2.69. The molecule has 0 aromatic heterocycles. The molecule has 1 unspecified atom stereocenters. The van der Waals surface area contributed by atoms with Gasteiger partial charge in [0, 0.05) is 12.8 Å². The van der Waals surface area contributed by atoms with E-state index in [9.17, 15) is 32.4 Å². The van der Waals surface area contributed by atoms with E-state index < -0.39 is 68.5 Å². The van der Waals surface area contributed by atoms with Crippen LogP contribution < -0.4 is 16.4 Å². The Labute approximate surface area is 206 Å². The first-order valence-corrected chi connectivity index (χ1v) is 13.8. The number of hydrogen-bond acceptors (Lipinski definition) is 7. The summed E-state index contributed by atoms with van der Waals surface area (Å²) >= 11 is 0. The Hall–Kier alpha value is -2.50. The molecule has 1 saturated carbocycles. The highest BCUT2D eigenvalue weighted by molar-refractivity contribution is 7.91. The smallest absolute Gasteiger partial charge is 0.287 e. The van der Waals surface area contributed by atoms with Crippen LogP contribution in [0.2, 0.25) is 0 Å². The predicted molar refractivity (Wildman–Crippen MR) is 128 cm³/mol. The van der Waals surface area contributed by atoms with Gasteiger partial charge in [-0.05, 0) is 29.1 Å². The second kappa shape index (κ2) is 9.87. The monoisotopic (exact) mass is 514 g/mol. The van der Waals surface area contributed by atoms with Crippen LogP contribution in [0.25, 0.3) is 0 Å². The van der Waals surface area contributed by atoms with Gasteiger partial charge in [0.2, 0.25) is 23.5 Å². The molecule has 1 saturated heterocycles. The van der Waals surface area contributed by atoms with E-state index in [2.05, 4.69) is 10.6 Å². The van der Waals surface area contributed by atoms with Gasteiger partial charge in [-0.3, -0.25) is 24.0 Å². The number of amides is 4. The average molecular weight is 515 g/mol. The molecule has 0 aromatic rings. The highest BCUT2D eigenvalue weighted by atomic mass is 32.2. The van der Waals surface area contributed by atoms with E-state index in [1.807, 2.05) is 13.8 Å². The third kappa shape index (κ3) is 6.39. The Balaban J connectivity index is 2.33. The summed E-state index contributed by atoms with van der Waals surface area (Å²) in [7, 11) is -3.61. The summed E-state index contributed by atoms with van der Waals surface area (Å²) in [6, 6.07) is -3.07. The van der Waals surface area contributed by atoms with Crippen molar-refractivity contribution in [3.05, 3.63) is 0 Å². The second-order valence-corrected chi connectivity index (χ2v) is 13.5. The molecule has 198 valence electrons. The van der Waals surface area contributed by atoms with Gasteiger partial charge in [0.15, 0.2) is 9.84 Å². The van der Waals surface area contributed by atoms with Gasteiger partial charge in [0.1, 0.15) is 17.8 Å². The van der Waals surface area contributed by atoms with Gasteiger partial charge < -0.3 is 21.3 Å². The lowest BCUT2D eigenvalue weighted by atomic mass is 9.85.